The summed E-state index contributed by atoms with van der Waals surface area (Å²) in [4.78, 5) is 19.3. The Morgan fingerprint density at radius 1 is 1.21 bits per heavy atom. The number of nitrogens with zero attached hydrogens (tertiary/aromatic N) is 2. The molecule has 1 unspecified atom stereocenters. The lowest BCUT2D eigenvalue weighted by Gasteiger charge is -2.15. The van der Waals surface area contributed by atoms with Crippen LogP contribution < -0.4 is 15.5 Å². The molecular formula is C22H28N4O2. The van der Waals surface area contributed by atoms with Crippen molar-refractivity contribution < 1.29 is 9.53 Å². The van der Waals surface area contributed by atoms with Gasteiger partial charge >= 0.3 is 0 Å². The molecule has 28 heavy (non-hydrogen) atoms. The lowest BCUT2D eigenvalue weighted by atomic mass is 10.2. The molecule has 0 aliphatic carbocycles. The summed E-state index contributed by atoms with van der Waals surface area (Å²) >= 11 is 0. The maximum Gasteiger partial charge on any atom is 0.258 e. The molecule has 0 radical (unpaired) electrons. The van der Waals surface area contributed by atoms with Crippen LogP contribution in [0.25, 0.3) is 0 Å². The number of amides is 1. The van der Waals surface area contributed by atoms with Gasteiger partial charge in [-0.15, -0.1) is 0 Å². The number of carbonyl (C=O) groups excluding carboxylic acids is 1. The van der Waals surface area contributed by atoms with E-state index in [1.165, 1.54) is 5.56 Å². The molecule has 1 aliphatic rings. The third-order valence-electron chi connectivity index (χ3n) is 4.65. The first kappa shape index (κ1) is 19.9. The van der Waals surface area contributed by atoms with Crippen molar-refractivity contribution in [1.82, 2.24) is 5.32 Å². The van der Waals surface area contributed by atoms with Gasteiger partial charge in [0.1, 0.15) is 0 Å². The van der Waals surface area contributed by atoms with E-state index in [9.17, 15) is 4.79 Å². The van der Waals surface area contributed by atoms with Gasteiger partial charge in [0.25, 0.3) is 5.91 Å². The first-order valence-corrected chi connectivity index (χ1v) is 9.60. The predicted octanol–water partition coefficient (Wildman–Crippen LogP) is 3.44. The fourth-order valence-electron chi connectivity index (χ4n) is 2.97. The van der Waals surface area contributed by atoms with Gasteiger partial charge in [0.15, 0.2) is 0 Å². The van der Waals surface area contributed by atoms with E-state index in [2.05, 4.69) is 15.6 Å². The lowest BCUT2D eigenvalue weighted by Crippen LogP contribution is -2.36. The number of benzene rings is 2. The summed E-state index contributed by atoms with van der Waals surface area (Å²) in [6.07, 6.45) is 2.17. The van der Waals surface area contributed by atoms with Crippen molar-refractivity contribution in [2.24, 2.45) is 4.99 Å². The Hall–Kier alpha value is -2.86. The summed E-state index contributed by atoms with van der Waals surface area (Å²) in [5.41, 5.74) is 3.60. The lowest BCUT2D eigenvalue weighted by molar-refractivity contribution is 0.0975. The molecule has 3 rings (SSSR count). The second-order valence-corrected chi connectivity index (χ2v) is 7.21. The molecule has 2 aromatic rings. The van der Waals surface area contributed by atoms with Gasteiger partial charge in [0.05, 0.1) is 12.6 Å². The molecular weight excluding hydrogens is 352 g/mol. The van der Waals surface area contributed by atoms with Crippen molar-refractivity contribution in [1.29, 1.82) is 0 Å². The fraction of sp³-hybridized carbons (Fsp3) is 0.364. The maximum atomic E-state index is 12.8. The average molecular weight is 380 g/mol. The molecule has 1 atom stereocenters. The Morgan fingerprint density at radius 3 is 2.68 bits per heavy atom. The Morgan fingerprint density at radius 2 is 2.00 bits per heavy atom. The van der Waals surface area contributed by atoms with Gasteiger partial charge in [-0.05, 0) is 50.1 Å². The Kier molecular flexibility index (Phi) is 6.66. The molecule has 6 nitrogen and oxygen atoms in total. The Labute approximate surface area is 166 Å². The van der Waals surface area contributed by atoms with Gasteiger partial charge in [0.2, 0.25) is 5.96 Å². The topological polar surface area (TPSA) is 66.0 Å². The summed E-state index contributed by atoms with van der Waals surface area (Å²) in [5.74, 6) is 0.231. The smallest absolute Gasteiger partial charge is 0.258 e. The van der Waals surface area contributed by atoms with Crippen LogP contribution in [0.2, 0.25) is 0 Å². The second-order valence-electron chi connectivity index (χ2n) is 7.21. The Bertz CT molecular complexity index is 825. The van der Waals surface area contributed by atoms with Gasteiger partial charge in [0, 0.05) is 37.6 Å². The maximum absolute atomic E-state index is 12.8. The molecule has 0 bridgehead atoms. The predicted molar refractivity (Wildman–Crippen MR) is 114 cm³/mol. The quantitative estimate of drug-likeness (QED) is 0.616. The van der Waals surface area contributed by atoms with E-state index in [1.54, 1.807) is 6.07 Å². The number of anilines is 2. The number of hydrogen-bond acceptors (Lipinski definition) is 4. The minimum absolute atomic E-state index is 0.115. The summed E-state index contributed by atoms with van der Waals surface area (Å²) < 4.78 is 5.65. The first-order chi connectivity index (χ1) is 13.5. The summed E-state index contributed by atoms with van der Waals surface area (Å²) in [6, 6.07) is 15.5. The van der Waals surface area contributed by atoms with Crippen molar-refractivity contribution >= 4 is 23.2 Å². The number of aliphatic imine (C=N–C) groups is 1. The summed E-state index contributed by atoms with van der Waals surface area (Å²) in [5, 5.41) is 6.13. The second kappa shape index (κ2) is 9.37. The first-order valence-electron chi connectivity index (χ1n) is 9.60. The number of aryl methyl sites for hydroxylation is 1. The zero-order valence-corrected chi connectivity index (χ0v) is 16.7. The van der Waals surface area contributed by atoms with Crippen LogP contribution in [0, 0.1) is 6.92 Å². The largest absolute Gasteiger partial charge is 0.378 e. The van der Waals surface area contributed by atoms with E-state index >= 15 is 0 Å². The van der Waals surface area contributed by atoms with Crippen molar-refractivity contribution in [3.8, 4) is 0 Å². The van der Waals surface area contributed by atoms with Crippen molar-refractivity contribution in [3.63, 3.8) is 0 Å². The average Bonchev–Trinajstić information content (AvgIpc) is 3.21. The number of ether oxygens (including phenoxy) is 1. The highest BCUT2D eigenvalue weighted by Crippen LogP contribution is 2.15. The van der Waals surface area contributed by atoms with E-state index in [0.29, 0.717) is 18.1 Å². The van der Waals surface area contributed by atoms with Gasteiger partial charge in [-0.3, -0.25) is 10.1 Å². The van der Waals surface area contributed by atoms with Crippen molar-refractivity contribution in [3.05, 3.63) is 59.7 Å². The van der Waals surface area contributed by atoms with Crippen LogP contribution in [0.4, 0.5) is 11.4 Å². The third kappa shape index (κ3) is 5.57. The molecule has 1 heterocycles. The molecule has 1 aliphatic heterocycles. The zero-order valence-electron chi connectivity index (χ0n) is 16.7. The monoisotopic (exact) mass is 380 g/mol. The standard InChI is InChI=1S/C22H28N4O2/c1-16-9-11-18(12-10-16)24-22(23-15-20-8-5-13-28-20)25-21(27)17-6-4-7-19(14-17)26(2)3/h4,6-7,9-12,14,20H,5,8,13,15H2,1-3H3,(H2,23,24,25,27). The molecule has 1 amide bonds. The fourth-order valence-corrected chi connectivity index (χ4v) is 2.97. The number of guanidine groups is 1. The molecule has 2 aromatic carbocycles. The van der Waals surface area contributed by atoms with E-state index in [-0.39, 0.29) is 12.0 Å². The molecule has 2 N–H and O–H groups in total. The minimum atomic E-state index is -0.200. The Balaban J connectivity index is 1.75. The van der Waals surface area contributed by atoms with Crippen LogP contribution in [0.5, 0.6) is 0 Å². The van der Waals surface area contributed by atoms with Gasteiger partial charge in [-0.2, -0.15) is 0 Å². The molecule has 0 saturated carbocycles. The molecule has 6 heteroatoms. The summed E-state index contributed by atoms with van der Waals surface area (Å²) in [6.45, 7) is 3.34. The highest BCUT2D eigenvalue weighted by Gasteiger charge is 2.16. The van der Waals surface area contributed by atoms with Crippen LogP contribution in [-0.2, 0) is 4.74 Å². The molecule has 0 aromatic heterocycles. The minimum Gasteiger partial charge on any atom is -0.378 e. The van der Waals surface area contributed by atoms with Crippen molar-refractivity contribution in [2.45, 2.75) is 25.9 Å². The van der Waals surface area contributed by atoms with Crippen LogP contribution in [-0.4, -0.2) is 45.2 Å². The molecule has 1 saturated heterocycles. The SMILES string of the molecule is Cc1ccc(NC(=NCC2CCCO2)NC(=O)c2cccc(N(C)C)c2)cc1. The van der Waals surface area contributed by atoms with E-state index in [0.717, 1.165) is 30.8 Å². The highest BCUT2D eigenvalue weighted by atomic mass is 16.5. The molecule has 0 spiro atoms. The van der Waals surface area contributed by atoms with Gasteiger partial charge in [-0.25, -0.2) is 4.99 Å². The van der Waals surface area contributed by atoms with E-state index < -0.39 is 0 Å². The zero-order chi connectivity index (χ0) is 19.9. The van der Waals surface area contributed by atoms with Crippen LogP contribution in [0.3, 0.4) is 0 Å². The number of rotatable bonds is 5. The number of carbonyl (C=O) groups is 1. The molecule has 148 valence electrons. The van der Waals surface area contributed by atoms with E-state index in [4.69, 9.17) is 4.74 Å². The van der Waals surface area contributed by atoms with E-state index in [1.807, 2.05) is 68.4 Å². The normalized spacial score (nSPS) is 16.7. The van der Waals surface area contributed by atoms with Crippen LogP contribution in [0.1, 0.15) is 28.8 Å². The molecule has 1 fully saturated rings. The van der Waals surface area contributed by atoms with Crippen LogP contribution >= 0.6 is 0 Å². The number of nitrogens with one attached hydrogen (secondary N) is 2. The number of hydrogen-bond donors (Lipinski definition) is 2. The van der Waals surface area contributed by atoms with Gasteiger partial charge in [-0.1, -0.05) is 23.8 Å². The summed E-state index contributed by atoms with van der Waals surface area (Å²) in [7, 11) is 3.90. The third-order valence-corrected chi connectivity index (χ3v) is 4.65. The van der Waals surface area contributed by atoms with Crippen molar-refractivity contribution in [2.75, 3.05) is 37.5 Å². The van der Waals surface area contributed by atoms with Gasteiger partial charge < -0.3 is 15.0 Å². The highest BCUT2D eigenvalue weighted by molar-refractivity contribution is 6.10. The van der Waals surface area contributed by atoms with Crippen LogP contribution in [0.15, 0.2) is 53.5 Å².